The highest BCUT2D eigenvalue weighted by Gasteiger charge is 2.18. The minimum Gasteiger partial charge on any atom is -0.466 e. The molecule has 1 amide bonds. The van der Waals surface area contributed by atoms with Crippen molar-refractivity contribution in [2.75, 3.05) is 13.2 Å². The molecule has 3 N–H and O–H groups in total. The highest BCUT2D eigenvalue weighted by molar-refractivity contribution is 5.76. The summed E-state index contributed by atoms with van der Waals surface area (Å²) in [5.41, 5.74) is 0. The Morgan fingerprint density at radius 1 is 0.475 bits per heavy atom. The van der Waals surface area contributed by atoms with Crippen molar-refractivity contribution in [3.05, 3.63) is 36.5 Å². The Labute approximate surface area is 366 Å². The number of unbranched alkanes of at least 4 members (excludes halogenated alkanes) is 32. The molecule has 0 aromatic rings. The topological polar surface area (TPSA) is 95.9 Å². The van der Waals surface area contributed by atoms with Gasteiger partial charge in [-0.15, -0.1) is 0 Å². The van der Waals surface area contributed by atoms with Gasteiger partial charge in [0, 0.05) is 12.8 Å². The van der Waals surface area contributed by atoms with Crippen molar-refractivity contribution in [2.24, 2.45) is 0 Å². The molecular weight excluding hydrogens is 731 g/mol. The fourth-order valence-corrected chi connectivity index (χ4v) is 7.65. The molecule has 59 heavy (non-hydrogen) atoms. The Bertz CT molecular complexity index is 962. The molecule has 0 saturated heterocycles. The number of carbonyl (C=O) groups excluding carboxylic acids is 2. The maximum Gasteiger partial charge on any atom is 0.305 e. The van der Waals surface area contributed by atoms with E-state index >= 15 is 0 Å². The number of aliphatic hydroxyl groups is 2. The van der Waals surface area contributed by atoms with Gasteiger partial charge in [-0.1, -0.05) is 230 Å². The van der Waals surface area contributed by atoms with Crippen LogP contribution < -0.4 is 5.32 Å². The molecular formula is C53H99NO5. The molecule has 0 rings (SSSR count). The lowest BCUT2D eigenvalue weighted by Crippen LogP contribution is -2.45. The van der Waals surface area contributed by atoms with Crippen LogP contribution in [0.4, 0.5) is 0 Å². The fourth-order valence-electron chi connectivity index (χ4n) is 7.65. The van der Waals surface area contributed by atoms with Crippen LogP contribution in [-0.2, 0) is 14.3 Å². The van der Waals surface area contributed by atoms with Gasteiger partial charge < -0.3 is 20.3 Å². The number of esters is 1. The number of rotatable bonds is 47. The van der Waals surface area contributed by atoms with E-state index in [1.54, 1.807) is 6.08 Å². The zero-order valence-electron chi connectivity index (χ0n) is 39.2. The van der Waals surface area contributed by atoms with Crippen LogP contribution in [0.3, 0.4) is 0 Å². The predicted molar refractivity (Wildman–Crippen MR) is 255 cm³/mol. The smallest absolute Gasteiger partial charge is 0.305 e. The SMILES string of the molecule is CCCC/C=C\C/C=C\CCCCCCCC(=O)OCCCCCCCCCCCCCCC(=O)NC(CO)C(O)/C=C/CCCCCCCCCCCCCCCC. The standard InChI is InChI=1S/C53H99NO5/c1-3-5-7-9-11-13-15-17-19-20-21-25-29-33-37-41-45-51(56)50(49-55)54-52(57)46-42-38-34-30-26-23-24-28-32-36-40-44-48-59-53(58)47-43-39-35-31-27-22-18-16-14-12-10-8-6-4-2/h10,12,16,18,41,45,50-51,55-56H,3-9,11,13-15,17,19-40,42-44,46-49H2,1-2H3,(H,54,57)/b12-10-,18-16-,45-41+. The Balaban J connectivity index is 3.52. The zero-order valence-corrected chi connectivity index (χ0v) is 39.2. The Morgan fingerprint density at radius 2 is 0.864 bits per heavy atom. The number of nitrogens with one attached hydrogen (secondary N) is 1. The van der Waals surface area contributed by atoms with Crippen LogP contribution in [0.25, 0.3) is 0 Å². The number of hydrogen-bond donors (Lipinski definition) is 3. The molecule has 0 aliphatic rings. The van der Waals surface area contributed by atoms with Crippen LogP contribution in [0, 0.1) is 0 Å². The van der Waals surface area contributed by atoms with Gasteiger partial charge in [0.05, 0.1) is 25.4 Å². The molecule has 2 unspecified atom stereocenters. The number of ether oxygens (including phenoxy) is 1. The summed E-state index contributed by atoms with van der Waals surface area (Å²) in [6.07, 6.45) is 58.5. The first-order valence-electron chi connectivity index (χ1n) is 25.8. The van der Waals surface area contributed by atoms with E-state index in [-0.39, 0.29) is 18.5 Å². The summed E-state index contributed by atoms with van der Waals surface area (Å²) in [4.78, 5) is 24.4. The summed E-state index contributed by atoms with van der Waals surface area (Å²) in [5, 5.41) is 23.1. The average molecular weight is 830 g/mol. The lowest BCUT2D eigenvalue weighted by Gasteiger charge is -2.20. The molecule has 0 aromatic carbocycles. The molecule has 0 aliphatic carbocycles. The van der Waals surface area contributed by atoms with E-state index in [0.717, 1.165) is 70.6 Å². The summed E-state index contributed by atoms with van der Waals surface area (Å²) in [7, 11) is 0. The normalized spacial score (nSPS) is 12.9. The van der Waals surface area contributed by atoms with Crippen LogP contribution in [0.5, 0.6) is 0 Å². The quantitative estimate of drug-likeness (QED) is 0.0323. The Hall–Kier alpha value is -1.92. The van der Waals surface area contributed by atoms with Crippen molar-refractivity contribution in [2.45, 2.75) is 276 Å². The van der Waals surface area contributed by atoms with Gasteiger partial charge in [-0.3, -0.25) is 9.59 Å². The van der Waals surface area contributed by atoms with Crippen LogP contribution in [-0.4, -0.2) is 47.4 Å². The van der Waals surface area contributed by atoms with E-state index < -0.39 is 12.1 Å². The molecule has 6 heteroatoms. The van der Waals surface area contributed by atoms with Crippen molar-refractivity contribution in [1.82, 2.24) is 5.32 Å². The second-order valence-electron chi connectivity index (χ2n) is 17.5. The second kappa shape index (κ2) is 48.7. The maximum absolute atomic E-state index is 12.4. The Morgan fingerprint density at radius 3 is 1.34 bits per heavy atom. The molecule has 0 saturated carbocycles. The van der Waals surface area contributed by atoms with Gasteiger partial charge in [-0.05, 0) is 57.8 Å². The highest BCUT2D eigenvalue weighted by Crippen LogP contribution is 2.15. The van der Waals surface area contributed by atoms with E-state index in [9.17, 15) is 19.8 Å². The molecule has 6 nitrogen and oxygen atoms in total. The molecule has 0 radical (unpaired) electrons. The number of amides is 1. The Kier molecular flexibility index (Phi) is 47.2. The summed E-state index contributed by atoms with van der Waals surface area (Å²) in [6.45, 7) is 4.82. The molecule has 346 valence electrons. The van der Waals surface area contributed by atoms with E-state index in [1.807, 2.05) is 6.08 Å². The third-order valence-corrected chi connectivity index (χ3v) is 11.7. The molecule has 0 bridgehead atoms. The largest absolute Gasteiger partial charge is 0.466 e. The van der Waals surface area contributed by atoms with Crippen molar-refractivity contribution in [1.29, 1.82) is 0 Å². The molecule has 0 spiro atoms. The summed E-state index contributed by atoms with van der Waals surface area (Å²) in [6, 6.07) is -0.640. The van der Waals surface area contributed by atoms with Gasteiger partial charge in [0.2, 0.25) is 5.91 Å². The minimum atomic E-state index is -0.855. The van der Waals surface area contributed by atoms with Gasteiger partial charge in [0.1, 0.15) is 0 Å². The van der Waals surface area contributed by atoms with Gasteiger partial charge >= 0.3 is 5.97 Å². The van der Waals surface area contributed by atoms with E-state index in [0.29, 0.717) is 19.4 Å². The number of carbonyl (C=O) groups is 2. The third-order valence-electron chi connectivity index (χ3n) is 11.7. The fraction of sp³-hybridized carbons (Fsp3) is 0.849. The monoisotopic (exact) mass is 830 g/mol. The molecule has 0 heterocycles. The predicted octanol–water partition coefficient (Wildman–Crippen LogP) is 15.3. The van der Waals surface area contributed by atoms with Crippen molar-refractivity contribution < 1.29 is 24.5 Å². The van der Waals surface area contributed by atoms with E-state index in [1.165, 1.54) is 167 Å². The van der Waals surface area contributed by atoms with Crippen LogP contribution >= 0.6 is 0 Å². The molecule has 0 aromatic heterocycles. The first kappa shape index (κ1) is 57.1. The third kappa shape index (κ3) is 45.4. The van der Waals surface area contributed by atoms with Crippen molar-refractivity contribution in [3.63, 3.8) is 0 Å². The van der Waals surface area contributed by atoms with Gasteiger partial charge in [-0.2, -0.15) is 0 Å². The molecule has 2 atom stereocenters. The van der Waals surface area contributed by atoms with Crippen LogP contribution in [0.2, 0.25) is 0 Å². The summed E-state index contributed by atoms with van der Waals surface area (Å²) in [5.74, 6) is -0.110. The van der Waals surface area contributed by atoms with Crippen LogP contribution in [0.15, 0.2) is 36.5 Å². The first-order chi connectivity index (χ1) is 29.0. The second-order valence-corrected chi connectivity index (χ2v) is 17.5. The number of aliphatic hydroxyl groups excluding tert-OH is 2. The summed E-state index contributed by atoms with van der Waals surface area (Å²) < 4.78 is 5.45. The van der Waals surface area contributed by atoms with Gasteiger partial charge in [0.15, 0.2) is 0 Å². The van der Waals surface area contributed by atoms with E-state index in [2.05, 4.69) is 43.5 Å². The maximum atomic E-state index is 12.4. The van der Waals surface area contributed by atoms with E-state index in [4.69, 9.17) is 4.74 Å². The first-order valence-corrected chi connectivity index (χ1v) is 25.8. The molecule has 0 aliphatic heterocycles. The lowest BCUT2D eigenvalue weighted by molar-refractivity contribution is -0.143. The zero-order chi connectivity index (χ0) is 43.0. The van der Waals surface area contributed by atoms with Crippen molar-refractivity contribution >= 4 is 11.9 Å². The van der Waals surface area contributed by atoms with Gasteiger partial charge in [-0.25, -0.2) is 0 Å². The van der Waals surface area contributed by atoms with Crippen molar-refractivity contribution in [3.8, 4) is 0 Å². The van der Waals surface area contributed by atoms with Gasteiger partial charge in [0.25, 0.3) is 0 Å². The summed E-state index contributed by atoms with van der Waals surface area (Å²) >= 11 is 0. The number of hydrogen-bond acceptors (Lipinski definition) is 5. The molecule has 0 fully saturated rings. The lowest BCUT2D eigenvalue weighted by atomic mass is 10.0. The van der Waals surface area contributed by atoms with Crippen LogP contribution in [0.1, 0.15) is 264 Å². The minimum absolute atomic E-state index is 0.0259. The highest BCUT2D eigenvalue weighted by atomic mass is 16.5. The average Bonchev–Trinajstić information content (AvgIpc) is 3.24. The number of allylic oxidation sites excluding steroid dienone is 5.